The number of imidazole rings is 1. The Morgan fingerprint density at radius 1 is 1.00 bits per heavy atom. The van der Waals surface area contributed by atoms with Gasteiger partial charge in [0.05, 0.1) is 5.52 Å². The number of hydrogen-bond donors (Lipinski definition) is 1. The molecule has 0 aliphatic rings. The SMILES string of the molecule is Cc1ccc(-c2nc3nccc(C)c3[nH]2)c(C)c1. The third kappa shape index (κ3) is 1.68. The molecule has 3 rings (SSSR count). The quantitative estimate of drug-likeness (QED) is 0.703. The van der Waals surface area contributed by atoms with Gasteiger partial charge in [-0.05, 0) is 38.0 Å². The van der Waals surface area contributed by atoms with Crippen LogP contribution in [0.1, 0.15) is 16.7 Å². The van der Waals surface area contributed by atoms with Crippen LogP contribution in [0.5, 0.6) is 0 Å². The number of hydrogen-bond acceptors (Lipinski definition) is 2. The van der Waals surface area contributed by atoms with Crippen molar-refractivity contribution in [3.05, 3.63) is 47.2 Å². The predicted octanol–water partition coefficient (Wildman–Crippen LogP) is 3.55. The average Bonchev–Trinajstić information content (AvgIpc) is 2.74. The monoisotopic (exact) mass is 237 g/mol. The van der Waals surface area contributed by atoms with Crippen LogP contribution in [0.25, 0.3) is 22.6 Å². The molecule has 3 nitrogen and oxygen atoms in total. The molecule has 18 heavy (non-hydrogen) atoms. The van der Waals surface area contributed by atoms with Crippen LogP contribution in [0.4, 0.5) is 0 Å². The summed E-state index contributed by atoms with van der Waals surface area (Å²) in [6.45, 7) is 6.27. The minimum Gasteiger partial charge on any atom is -0.336 e. The van der Waals surface area contributed by atoms with Gasteiger partial charge in [-0.15, -0.1) is 0 Å². The van der Waals surface area contributed by atoms with E-state index in [-0.39, 0.29) is 0 Å². The van der Waals surface area contributed by atoms with Crippen LogP contribution in [0.2, 0.25) is 0 Å². The summed E-state index contributed by atoms with van der Waals surface area (Å²) in [6, 6.07) is 8.38. The van der Waals surface area contributed by atoms with E-state index in [2.05, 4.69) is 53.9 Å². The molecule has 0 bridgehead atoms. The Hall–Kier alpha value is -2.16. The van der Waals surface area contributed by atoms with Gasteiger partial charge in [-0.1, -0.05) is 23.8 Å². The summed E-state index contributed by atoms with van der Waals surface area (Å²) in [5.41, 5.74) is 6.60. The molecule has 3 aromatic rings. The zero-order valence-electron chi connectivity index (χ0n) is 10.8. The van der Waals surface area contributed by atoms with Gasteiger partial charge >= 0.3 is 0 Å². The Labute approximate surface area is 106 Å². The lowest BCUT2D eigenvalue weighted by Crippen LogP contribution is -1.86. The van der Waals surface area contributed by atoms with E-state index in [1.54, 1.807) is 6.20 Å². The van der Waals surface area contributed by atoms with E-state index >= 15 is 0 Å². The Morgan fingerprint density at radius 2 is 1.83 bits per heavy atom. The normalized spacial score (nSPS) is 11.1. The maximum absolute atomic E-state index is 4.57. The number of nitrogens with one attached hydrogen (secondary N) is 1. The van der Waals surface area contributed by atoms with Crippen LogP contribution >= 0.6 is 0 Å². The van der Waals surface area contributed by atoms with Crippen LogP contribution < -0.4 is 0 Å². The maximum Gasteiger partial charge on any atom is 0.178 e. The highest BCUT2D eigenvalue weighted by Crippen LogP contribution is 2.24. The van der Waals surface area contributed by atoms with Gasteiger partial charge in [0.2, 0.25) is 0 Å². The number of rotatable bonds is 1. The minimum absolute atomic E-state index is 0.782. The summed E-state index contributed by atoms with van der Waals surface area (Å²) < 4.78 is 0. The minimum atomic E-state index is 0.782. The summed E-state index contributed by atoms with van der Waals surface area (Å²) in [4.78, 5) is 12.2. The van der Waals surface area contributed by atoms with Crippen LogP contribution in [0.3, 0.4) is 0 Å². The van der Waals surface area contributed by atoms with Gasteiger partial charge in [0.15, 0.2) is 5.65 Å². The summed E-state index contributed by atoms with van der Waals surface area (Å²) >= 11 is 0. The molecule has 0 aliphatic carbocycles. The molecule has 0 amide bonds. The van der Waals surface area contributed by atoms with Crippen LogP contribution in [0, 0.1) is 20.8 Å². The second-order valence-corrected chi connectivity index (χ2v) is 4.73. The average molecular weight is 237 g/mol. The molecule has 0 atom stereocenters. The number of nitrogens with zero attached hydrogens (tertiary/aromatic N) is 2. The number of aromatic amines is 1. The molecule has 1 N–H and O–H groups in total. The highest BCUT2D eigenvalue weighted by atomic mass is 15.0. The van der Waals surface area contributed by atoms with E-state index in [1.807, 2.05) is 6.07 Å². The molecule has 2 heterocycles. The van der Waals surface area contributed by atoms with Crippen molar-refractivity contribution < 1.29 is 0 Å². The van der Waals surface area contributed by atoms with E-state index in [4.69, 9.17) is 0 Å². The summed E-state index contributed by atoms with van der Waals surface area (Å²) in [5, 5.41) is 0. The first-order valence-corrected chi connectivity index (χ1v) is 6.04. The zero-order valence-corrected chi connectivity index (χ0v) is 10.8. The van der Waals surface area contributed by atoms with Crippen LogP contribution in [0.15, 0.2) is 30.5 Å². The first kappa shape index (κ1) is 11.0. The molecule has 0 unspecified atom stereocenters. The van der Waals surface area contributed by atoms with E-state index in [9.17, 15) is 0 Å². The highest BCUT2D eigenvalue weighted by Gasteiger charge is 2.09. The highest BCUT2D eigenvalue weighted by molar-refractivity contribution is 5.79. The number of aromatic nitrogens is 3. The van der Waals surface area contributed by atoms with Crippen molar-refractivity contribution in [1.82, 2.24) is 15.0 Å². The topological polar surface area (TPSA) is 41.6 Å². The Bertz CT molecular complexity index is 726. The third-order valence-corrected chi connectivity index (χ3v) is 3.24. The third-order valence-electron chi connectivity index (χ3n) is 3.24. The lowest BCUT2D eigenvalue weighted by atomic mass is 10.1. The first-order chi connectivity index (χ1) is 8.65. The molecule has 1 aromatic carbocycles. The van der Waals surface area contributed by atoms with Gasteiger partial charge < -0.3 is 4.98 Å². The number of benzene rings is 1. The lowest BCUT2D eigenvalue weighted by molar-refractivity contribution is 1.27. The summed E-state index contributed by atoms with van der Waals surface area (Å²) in [5.74, 6) is 0.893. The molecule has 90 valence electrons. The van der Waals surface area contributed by atoms with E-state index in [0.717, 1.165) is 22.6 Å². The summed E-state index contributed by atoms with van der Waals surface area (Å²) in [6.07, 6.45) is 1.80. The number of H-pyrrole nitrogens is 1. The van der Waals surface area contributed by atoms with Crippen LogP contribution in [-0.4, -0.2) is 15.0 Å². The van der Waals surface area contributed by atoms with Gasteiger partial charge in [-0.3, -0.25) is 0 Å². The lowest BCUT2D eigenvalue weighted by Gasteiger charge is -2.03. The maximum atomic E-state index is 4.57. The molecule has 3 heteroatoms. The van der Waals surface area contributed by atoms with Gasteiger partial charge in [-0.2, -0.15) is 0 Å². The van der Waals surface area contributed by atoms with E-state index in [1.165, 1.54) is 16.7 Å². The van der Waals surface area contributed by atoms with Gasteiger partial charge in [0, 0.05) is 11.8 Å². The van der Waals surface area contributed by atoms with Crippen molar-refractivity contribution in [3.63, 3.8) is 0 Å². The largest absolute Gasteiger partial charge is 0.336 e. The fourth-order valence-electron chi connectivity index (χ4n) is 2.24. The number of fused-ring (bicyclic) bond motifs is 1. The van der Waals surface area contributed by atoms with E-state index < -0.39 is 0 Å². The van der Waals surface area contributed by atoms with Crippen molar-refractivity contribution >= 4 is 11.2 Å². The fraction of sp³-hybridized carbons (Fsp3) is 0.200. The van der Waals surface area contributed by atoms with Gasteiger partial charge in [-0.25, -0.2) is 9.97 Å². The molecule has 2 aromatic heterocycles. The Morgan fingerprint density at radius 3 is 2.56 bits per heavy atom. The van der Waals surface area contributed by atoms with Gasteiger partial charge in [0.1, 0.15) is 5.82 Å². The molecule has 0 radical (unpaired) electrons. The fourth-order valence-corrected chi connectivity index (χ4v) is 2.24. The number of pyridine rings is 1. The Balaban J connectivity index is 2.23. The summed E-state index contributed by atoms with van der Waals surface area (Å²) in [7, 11) is 0. The smallest absolute Gasteiger partial charge is 0.178 e. The van der Waals surface area contributed by atoms with Crippen molar-refractivity contribution in [2.45, 2.75) is 20.8 Å². The standard InChI is InChI=1S/C15H15N3/c1-9-4-5-12(11(3)8-9)14-17-13-10(2)6-7-16-15(13)18-14/h4-8H,1-3H3,(H,16,17,18). The van der Waals surface area contributed by atoms with Crippen molar-refractivity contribution in [2.24, 2.45) is 0 Å². The van der Waals surface area contributed by atoms with Gasteiger partial charge in [0.25, 0.3) is 0 Å². The molecule has 0 spiro atoms. The predicted molar refractivity (Wildman–Crippen MR) is 73.5 cm³/mol. The molecular weight excluding hydrogens is 222 g/mol. The zero-order chi connectivity index (χ0) is 12.7. The molecule has 0 saturated heterocycles. The second-order valence-electron chi connectivity index (χ2n) is 4.73. The Kier molecular flexibility index (Phi) is 2.40. The molecule has 0 saturated carbocycles. The van der Waals surface area contributed by atoms with Crippen molar-refractivity contribution in [1.29, 1.82) is 0 Å². The van der Waals surface area contributed by atoms with E-state index in [0.29, 0.717) is 0 Å². The van der Waals surface area contributed by atoms with Crippen molar-refractivity contribution in [3.8, 4) is 11.4 Å². The first-order valence-electron chi connectivity index (χ1n) is 6.04. The molecular formula is C15H15N3. The van der Waals surface area contributed by atoms with Crippen molar-refractivity contribution in [2.75, 3.05) is 0 Å². The molecule has 0 fully saturated rings. The number of aryl methyl sites for hydroxylation is 3. The second kappa shape index (κ2) is 3.95. The van der Waals surface area contributed by atoms with Crippen LogP contribution in [-0.2, 0) is 0 Å². The molecule has 0 aliphatic heterocycles.